The zero-order valence-corrected chi connectivity index (χ0v) is 23.1. The van der Waals surface area contributed by atoms with Crippen molar-refractivity contribution in [1.82, 2.24) is 9.88 Å². The molecule has 4 heterocycles. The number of aryl methyl sites for hydroxylation is 2. The molecule has 3 aliphatic heterocycles. The molecule has 0 bridgehead atoms. The Balaban J connectivity index is 0.000000599. The van der Waals surface area contributed by atoms with Gasteiger partial charge in [0.25, 0.3) is 0 Å². The van der Waals surface area contributed by atoms with Crippen LogP contribution >= 0.6 is 0 Å². The number of nitrogens with zero attached hydrogens (tertiary/aromatic N) is 4. The summed E-state index contributed by atoms with van der Waals surface area (Å²) in [6.07, 6.45) is 9.80. The minimum absolute atomic E-state index is 0.138. The second-order valence-electron chi connectivity index (χ2n) is 10.5. The minimum atomic E-state index is -0.138. The van der Waals surface area contributed by atoms with E-state index in [0.29, 0.717) is 5.41 Å². The number of carbonyl (C=O) groups excluding carboxylic acids is 1. The number of anilines is 1. The zero-order chi connectivity index (χ0) is 26.6. The Labute approximate surface area is 221 Å². The number of halogens is 1. The molecule has 5 nitrogen and oxygen atoms in total. The molecular weight excluding hydrogens is 463 g/mol. The van der Waals surface area contributed by atoms with Gasteiger partial charge >= 0.3 is 0 Å². The molecule has 6 heteroatoms. The molecule has 1 atom stereocenters. The summed E-state index contributed by atoms with van der Waals surface area (Å²) in [5.41, 5.74) is 7.25. The van der Waals surface area contributed by atoms with Crippen LogP contribution in [-0.2, 0) is 11.2 Å². The third-order valence-electron chi connectivity index (χ3n) is 7.69. The maximum Gasteiger partial charge on any atom is 0.127 e. The van der Waals surface area contributed by atoms with Crippen molar-refractivity contribution in [1.29, 1.82) is 0 Å². The molecule has 1 saturated carbocycles. The smallest absolute Gasteiger partial charge is 0.127 e. The number of aldehydes is 1. The predicted octanol–water partition coefficient (Wildman–Crippen LogP) is 6.56. The van der Waals surface area contributed by atoms with Crippen molar-refractivity contribution < 1.29 is 9.18 Å². The number of hydrogen-bond donors (Lipinski definition) is 0. The summed E-state index contributed by atoms with van der Waals surface area (Å²) < 4.78 is 14.2. The van der Waals surface area contributed by atoms with Gasteiger partial charge in [0.1, 0.15) is 17.9 Å². The topological polar surface area (TPSA) is 48.8 Å². The van der Waals surface area contributed by atoms with Crippen LogP contribution in [0.3, 0.4) is 0 Å². The Morgan fingerprint density at radius 3 is 2.62 bits per heavy atom. The fourth-order valence-electron chi connectivity index (χ4n) is 5.89. The number of pyridine rings is 1. The molecule has 0 radical (unpaired) electrons. The molecule has 0 amide bonds. The standard InChI is InChI=1S/C27H31FN4.C2H4O.C2H6/c1-18-12-19(14-21(28)13-18)24-7-10-29-26-20(16-27(8-9-27)17-32(24)26)15-22-5-6-25-23(30-22)4-3-11-31(25)2;1-2-3;1-2/h5-6,12-15,24H,3-4,7-11,16-17H2,1-2H3;2H,1H3;1-2H3/b20-15+;;. The zero-order valence-electron chi connectivity index (χ0n) is 23.1. The first-order chi connectivity index (χ1) is 17.9. The minimum Gasteiger partial charge on any atom is -0.373 e. The fraction of sp³-hybridized carbons (Fsp3) is 0.516. The van der Waals surface area contributed by atoms with Crippen LogP contribution < -0.4 is 4.90 Å². The summed E-state index contributed by atoms with van der Waals surface area (Å²) in [6, 6.07) is 10.1. The van der Waals surface area contributed by atoms with Gasteiger partial charge in [-0.15, -0.1) is 0 Å². The highest BCUT2D eigenvalue weighted by molar-refractivity contribution is 6.03. The second-order valence-corrected chi connectivity index (χ2v) is 10.5. The summed E-state index contributed by atoms with van der Waals surface area (Å²) >= 11 is 0. The van der Waals surface area contributed by atoms with Crippen molar-refractivity contribution in [2.45, 2.75) is 72.3 Å². The van der Waals surface area contributed by atoms with Crippen molar-refractivity contribution >= 4 is 23.9 Å². The number of hydrogen-bond acceptors (Lipinski definition) is 5. The largest absolute Gasteiger partial charge is 0.373 e. The first kappa shape index (κ1) is 27.0. The Morgan fingerprint density at radius 2 is 1.92 bits per heavy atom. The first-order valence-corrected chi connectivity index (χ1v) is 13.8. The molecule has 4 aliphatic rings. The van der Waals surface area contributed by atoms with Crippen LogP contribution in [-0.4, -0.2) is 48.7 Å². The van der Waals surface area contributed by atoms with Crippen molar-refractivity contribution in [3.63, 3.8) is 0 Å². The van der Waals surface area contributed by atoms with Crippen molar-refractivity contribution in [2.24, 2.45) is 10.4 Å². The van der Waals surface area contributed by atoms with Gasteiger partial charge in [-0.3, -0.25) is 9.98 Å². The van der Waals surface area contributed by atoms with Gasteiger partial charge < -0.3 is 14.6 Å². The molecule has 2 aromatic rings. The number of aliphatic imine (C=N–C) groups is 1. The lowest BCUT2D eigenvalue weighted by Gasteiger charge is -2.45. The SMILES string of the molecule is CC.CC=O.Cc1cc(F)cc(C2CCN=C3/C(=C/c4ccc5c(n4)CCCN5C)CC4(CC4)CN32)c1. The van der Waals surface area contributed by atoms with Crippen LogP contribution in [0.25, 0.3) is 6.08 Å². The van der Waals surface area contributed by atoms with Gasteiger partial charge in [0.2, 0.25) is 0 Å². The van der Waals surface area contributed by atoms with Gasteiger partial charge in [0, 0.05) is 26.7 Å². The van der Waals surface area contributed by atoms with Crippen molar-refractivity contribution in [2.75, 3.05) is 31.6 Å². The quantitative estimate of drug-likeness (QED) is 0.435. The lowest BCUT2D eigenvalue weighted by molar-refractivity contribution is -0.106. The summed E-state index contributed by atoms with van der Waals surface area (Å²) in [6.45, 7) is 10.3. The van der Waals surface area contributed by atoms with E-state index in [2.05, 4.69) is 41.1 Å². The molecular formula is C31H41FN4O. The number of benzene rings is 1. The molecule has 198 valence electrons. The number of aromatic nitrogens is 1. The fourth-order valence-corrected chi connectivity index (χ4v) is 5.89. The molecule has 1 aromatic carbocycles. The third-order valence-corrected chi connectivity index (χ3v) is 7.69. The van der Waals surface area contributed by atoms with Crippen molar-refractivity contribution in [3.05, 3.63) is 64.2 Å². The average Bonchev–Trinajstić information content (AvgIpc) is 3.63. The summed E-state index contributed by atoms with van der Waals surface area (Å²) in [5.74, 6) is 0.971. The molecule has 1 aliphatic carbocycles. The maximum absolute atomic E-state index is 14.2. The van der Waals surface area contributed by atoms with E-state index in [0.717, 1.165) is 74.3 Å². The summed E-state index contributed by atoms with van der Waals surface area (Å²) in [7, 11) is 2.15. The van der Waals surface area contributed by atoms with Gasteiger partial charge in [0.05, 0.1) is 23.1 Å². The third kappa shape index (κ3) is 5.94. The van der Waals surface area contributed by atoms with E-state index in [-0.39, 0.29) is 11.9 Å². The average molecular weight is 505 g/mol. The van der Waals surface area contributed by atoms with E-state index in [1.54, 1.807) is 12.1 Å². The van der Waals surface area contributed by atoms with E-state index >= 15 is 0 Å². The van der Waals surface area contributed by atoms with Crippen LogP contribution in [0.4, 0.5) is 10.1 Å². The van der Waals surface area contributed by atoms with Crippen LogP contribution in [0, 0.1) is 18.2 Å². The van der Waals surface area contributed by atoms with Crippen LogP contribution in [0.1, 0.15) is 81.4 Å². The molecule has 0 N–H and O–H groups in total. The molecule has 2 fully saturated rings. The number of rotatable bonds is 2. The molecule has 37 heavy (non-hydrogen) atoms. The van der Waals surface area contributed by atoms with Gasteiger partial charge in [-0.2, -0.15) is 0 Å². The lowest BCUT2D eigenvalue weighted by atomic mass is 9.85. The van der Waals surface area contributed by atoms with E-state index in [1.807, 2.05) is 20.8 Å². The predicted molar refractivity (Wildman–Crippen MR) is 151 cm³/mol. The highest BCUT2D eigenvalue weighted by Crippen LogP contribution is 2.56. The Morgan fingerprint density at radius 1 is 1.16 bits per heavy atom. The second kappa shape index (κ2) is 11.6. The highest BCUT2D eigenvalue weighted by Gasteiger charge is 2.50. The van der Waals surface area contributed by atoms with Crippen LogP contribution in [0.2, 0.25) is 0 Å². The van der Waals surface area contributed by atoms with Gasteiger partial charge in [0.15, 0.2) is 0 Å². The molecule has 1 unspecified atom stereocenters. The van der Waals surface area contributed by atoms with E-state index in [4.69, 9.17) is 14.8 Å². The van der Waals surface area contributed by atoms with Gasteiger partial charge in [-0.1, -0.05) is 19.9 Å². The monoisotopic (exact) mass is 504 g/mol. The lowest BCUT2D eigenvalue weighted by Crippen LogP contribution is -2.47. The van der Waals surface area contributed by atoms with Crippen molar-refractivity contribution in [3.8, 4) is 0 Å². The number of carbonyl (C=O) groups is 1. The Kier molecular flexibility index (Phi) is 8.46. The molecule has 1 aromatic heterocycles. The normalized spacial score (nSPS) is 22.1. The number of fused-ring (bicyclic) bond motifs is 2. The van der Waals surface area contributed by atoms with Gasteiger partial charge in [-0.25, -0.2) is 4.39 Å². The van der Waals surface area contributed by atoms with E-state index in [1.165, 1.54) is 36.7 Å². The highest BCUT2D eigenvalue weighted by atomic mass is 19.1. The number of piperidine rings is 1. The van der Waals surface area contributed by atoms with Crippen LogP contribution in [0.15, 0.2) is 40.9 Å². The van der Waals surface area contributed by atoms with Gasteiger partial charge in [-0.05, 0) is 105 Å². The molecule has 1 spiro atoms. The van der Waals surface area contributed by atoms with E-state index < -0.39 is 0 Å². The maximum atomic E-state index is 14.2. The van der Waals surface area contributed by atoms with E-state index in [9.17, 15) is 4.39 Å². The number of amidine groups is 1. The molecule has 1 saturated heterocycles. The Hall–Kier alpha value is -3.02. The molecule has 6 rings (SSSR count). The first-order valence-electron chi connectivity index (χ1n) is 13.8. The summed E-state index contributed by atoms with van der Waals surface area (Å²) in [4.78, 5) is 23.6. The Bertz CT molecular complexity index is 1160. The van der Waals surface area contributed by atoms with Crippen LogP contribution in [0.5, 0.6) is 0 Å². The summed E-state index contributed by atoms with van der Waals surface area (Å²) in [5, 5.41) is 0.